The number of hydrogen-bond donors (Lipinski definition) is 2. The maximum Gasteiger partial charge on any atom is 0.157 e. The first-order valence-corrected chi connectivity index (χ1v) is 10.5. The van der Waals surface area contributed by atoms with E-state index in [1.807, 2.05) is 42.5 Å². The van der Waals surface area contributed by atoms with Crippen LogP contribution in [0.1, 0.15) is 27.8 Å². The minimum Gasteiger partial charge on any atom is -0.337 e. The summed E-state index contributed by atoms with van der Waals surface area (Å²) in [5.41, 5.74) is 13.2. The van der Waals surface area contributed by atoms with Gasteiger partial charge < -0.3 is 4.98 Å². The molecule has 154 valence electrons. The van der Waals surface area contributed by atoms with Crippen molar-refractivity contribution in [2.24, 2.45) is 0 Å². The maximum atomic E-state index is 4.84. The third kappa shape index (κ3) is 3.13. The molecular formula is C26H25N5. The Morgan fingerprint density at radius 3 is 2.06 bits per heavy atom. The third-order valence-corrected chi connectivity index (χ3v) is 6.49. The number of para-hydroxylation sites is 2. The molecule has 31 heavy (non-hydrogen) atoms. The van der Waals surface area contributed by atoms with Crippen molar-refractivity contribution >= 4 is 11.0 Å². The molecule has 0 saturated heterocycles. The molecule has 0 atom stereocenters. The van der Waals surface area contributed by atoms with Crippen LogP contribution in [-0.4, -0.2) is 25.1 Å². The highest BCUT2D eigenvalue weighted by Crippen LogP contribution is 2.34. The third-order valence-electron chi connectivity index (χ3n) is 6.49. The molecule has 5 nitrogen and oxygen atoms in total. The molecule has 0 amide bonds. The number of H-pyrrole nitrogens is 2. The Morgan fingerprint density at radius 1 is 0.645 bits per heavy atom. The van der Waals surface area contributed by atoms with Gasteiger partial charge in [0.05, 0.1) is 28.1 Å². The number of hydrogen-bond acceptors (Lipinski definition) is 3. The molecule has 3 heterocycles. The average Bonchev–Trinajstić information content (AvgIpc) is 3.44. The van der Waals surface area contributed by atoms with Gasteiger partial charge >= 0.3 is 0 Å². The zero-order chi connectivity index (χ0) is 21.7. The maximum absolute atomic E-state index is 4.84. The standard InChI is InChI=1S/C26H25N5/c1-14-15(2)17(4)25(18(5)16(14)3)24-13-23(30-31-24)21-11-8-12-22(27-21)26-28-19-9-6-7-10-20(19)29-26/h6-13H,1-5H3,(H,28,29)(H,30,31). The zero-order valence-electron chi connectivity index (χ0n) is 18.5. The second-order valence-electron chi connectivity index (χ2n) is 8.18. The van der Waals surface area contributed by atoms with E-state index < -0.39 is 0 Å². The van der Waals surface area contributed by atoms with E-state index in [4.69, 9.17) is 4.98 Å². The molecule has 5 rings (SSSR count). The van der Waals surface area contributed by atoms with E-state index in [-0.39, 0.29) is 0 Å². The molecule has 0 unspecified atom stereocenters. The van der Waals surface area contributed by atoms with E-state index in [1.54, 1.807) is 0 Å². The molecule has 0 fully saturated rings. The molecule has 2 N–H and O–H groups in total. The van der Waals surface area contributed by atoms with Gasteiger partial charge in [-0.05, 0) is 92.8 Å². The first-order valence-electron chi connectivity index (χ1n) is 10.5. The molecule has 0 bridgehead atoms. The minimum atomic E-state index is 0.763. The van der Waals surface area contributed by atoms with Crippen molar-refractivity contribution in [1.29, 1.82) is 0 Å². The van der Waals surface area contributed by atoms with Crippen molar-refractivity contribution in [2.75, 3.05) is 0 Å². The van der Waals surface area contributed by atoms with Crippen molar-refractivity contribution < 1.29 is 0 Å². The van der Waals surface area contributed by atoms with Gasteiger partial charge in [0, 0.05) is 5.56 Å². The number of fused-ring (bicyclic) bond motifs is 1. The molecule has 3 aromatic heterocycles. The Bertz CT molecular complexity index is 1380. The summed E-state index contributed by atoms with van der Waals surface area (Å²) in [5.74, 6) is 0.763. The Balaban J connectivity index is 1.56. The quantitative estimate of drug-likeness (QED) is 0.373. The van der Waals surface area contributed by atoms with Gasteiger partial charge in [0.15, 0.2) is 5.82 Å². The van der Waals surface area contributed by atoms with Crippen molar-refractivity contribution in [3.63, 3.8) is 0 Å². The summed E-state index contributed by atoms with van der Waals surface area (Å²) in [4.78, 5) is 12.9. The largest absolute Gasteiger partial charge is 0.337 e. The second kappa shape index (κ2) is 7.20. The van der Waals surface area contributed by atoms with Gasteiger partial charge in [-0.1, -0.05) is 18.2 Å². The van der Waals surface area contributed by atoms with E-state index in [1.165, 1.54) is 33.4 Å². The average molecular weight is 408 g/mol. The van der Waals surface area contributed by atoms with Gasteiger partial charge in [-0.25, -0.2) is 9.97 Å². The Hall–Kier alpha value is -3.73. The van der Waals surface area contributed by atoms with Crippen LogP contribution in [0.3, 0.4) is 0 Å². The minimum absolute atomic E-state index is 0.763. The molecule has 2 aromatic carbocycles. The molecular weight excluding hydrogens is 382 g/mol. The Kier molecular flexibility index (Phi) is 4.47. The molecule has 0 aliphatic carbocycles. The smallest absolute Gasteiger partial charge is 0.157 e. The van der Waals surface area contributed by atoms with Crippen LogP contribution in [0, 0.1) is 34.6 Å². The van der Waals surface area contributed by atoms with Crippen molar-refractivity contribution in [3.8, 4) is 34.2 Å². The van der Waals surface area contributed by atoms with E-state index >= 15 is 0 Å². The summed E-state index contributed by atoms with van der Waals surface area (Å²) in [5, 5.41) is 7.84. The van der Waals surface area contributed by atoms with Gasteiger partial charge in [0.1, 0.15) is 5.69 Å². The molecule has 0 aliphatic rings. The summed E-state index contributed by atoms with van der Waals surface area (Å²) in [6, 6.07) is 16.1. The molecule has 0 radical (unpaired) electrons. The van der Waals surface area contributed by atoms with E-state index in [9.17, 15) is 0 Å². The highest BCUT2D eigenvalue weighted by molar-refractivity contribution is 5.79. The van der Waals surface area contributed by atoms with E-state index in [2.05, 4.69) is 60.9 Å². The Morgan fingerprint density at radius 2 is 1.32 bits per heavy atom. The predicted molar refractivity (Wildman–Crippen MR) is 126 cm³/mol. The molecule has 5 heteroatoms. The van der Waals surface area contributed by atoms with Crippen LogP contribution in [0.2, 0.25) is 0 Å². The number of imidazole rings is 1. The van der Waals surface area contributed by atoms with Crippen molar-refractivity contribution in [1.82, 2.24) is 25.1 Å². The lowest BCUT2D eigenvalue weighted by Crippen LogP contribution is -1.99. The number of nitrogens with zero attached hydrogens (tertiary/aromatic N) is 3. The van der Waals surface area contributed by atoms with Gasteiger partial charge in [0.25, 0.3) is 0 Å². The van der Waals surface area contributed by atoms with E-state index in [0.29, 0.717) is 0 Å². The van der Waals surface area contributed by atoms with Crippen LogP contribution in [0.4, 0.5) is 0 Å². The fourth-order valence-corrected chi connectivity index (χ4v) is 4.26. The van der Waals surface area contributed by atoms with Crippen molar-refractivity contribution in [2.45, 2.75) is 34.6 Å². The summed E-state index contributed by atoms with van der Waals surface area (Å²) < 4.78 is 0. The lowest BCUT2D eigenvalue weighted by Gasteiger charge is -2.17. The SMILES string of the molecule is Cc1c(C)c(C)c(-c2cc(-c3cccc(-c4nc5ccccc5[nH]4)n3)[nH]n2)c(C)c1C. The van der Waals surface area contributed by atoms with E-state index in [0.717, 1.165) is 39.6 Å². The topological polar surface area (TPSA) is 70.2 Å². The second-order valence-corrected chi connectivity index (χ2v) is 8.18. The Labute approximate surface area is 181 Å². The summed E-state index contributed by atoms with van der Waals surface area (Å²) in [6.45, 7) is 10.9. The molecule has 5 aromatic rings. The van der Waals surface area contributed by atoms with Crippen LogP contribution >= 0.6 is 0 Å². The highest BCUT2D eigenvalue weighted by atomic mass is 15.1. The summed E-state index contributed by atoms with van der Waals surface area (Å²) >= 11 is 0. The van der Waals surface area contributed by atoms with Crippen LogP contribution < -0.4 is 0 Å². The summed E-state index contributed by atoms with van der Waals surface area (Å²) in [7, 11) is 0. The fraction of sp³-hybridized carbons (Fsp3) is 0.192. The zero-order valence-corrected chi connectivity index (χ0v) is 18.5. The lowest BCUT2D eigenvalue weighted by atomic mass is 9.88. The van der Waals surface area contributed by atoms with Crippen LogP contribution in [0.5, 0.6) is 0 Å². The number of nitrogens with one attached hydrogen (secondary N) is 2. The van der Waals surface area contributed by atoms with Gasteiger partial charge in [-0.2, -0.15) is 5.10 Å². The lowest BCUT2D eigenvalue weighted by molar-refractivity contribution is 1.08. The number of pyridine rings is 1. The fourth-order valence-electron chi connectivity index (χ4n) is 4.26. The molecule has 0 spiro atoms. The number of benzene rings is 2. The van der Waals surface area contributed by atoms with Gasteiger partial charge in [0.2, 0.25) is 0 Å². The van der Waals surface area contributed by atoms with Crippen molar-refractivity contribution in [3.05, 3.63) is 76.3 Å². The first-order chi connectivity index (χ1) is 14.9. The van der Waals surface area contributed by atoms with Gasteiger partial charge in [-0.3, -0.25) is 5.10 Å². The van der Waals surface area contributed by atoms with Crippen LogP contribution in [0.15, 0.2) is 48.5 Å². The summed E-state index contributed by atoms with van der Waals surface area (Å²) in [6.07, 6.45) is 0. The first kappa shape index (κ1) is 19.2. The monoisotopic (exact) mass is 407 g/mol. The normalized spacial score (nSPS) is 11.4. The van der Waals surface area contributed by atoms with Gasteiger partial charge in [-0.15, -0.1) is 0 Å². The number of aromatic nitrogens is 5. The van der Waals surface area contributed by atoms with Crippen LogP contribution in [-0.2, 0) is 0 Å². The highest BCUT2D eigenvalue weighted by Gasteiger charge is 2.17. The number of aromatic amines is 2. The molecule has 0 saturated carbocycles. The van der Waals surface area contributed by atoms with Crippen LogP contribution in [0.25, 0.3) is 45.2 Å². The predicted octanol–water partition coefficient (Wildman–Crippen LogP) is 6.22. The number of rotatable bonds is 3. The molecule has 0 aliphatic heterocycles.